The first kappa shape index (κ1) is 30.0. The molecule has 1 aliphatic heterocycles. The number of carboxylic acids is 1. The van der Waals surface area contributed by atoms with Gasteiger partial charge < -0.3 is 37.1 Å². The van der Waals surface area contributed by atoms with Crippen LogP contribution in [0.4, 0.5) is 0 Å². The lowest BCUT2D eigenvalue weighted by Crippen LogP contribution is -2.59. The molecule has 2 aliphatic rings. The third kappa shape index (κ3) is 8.06. The molecule has 12 heteroatoms. The van der Waals surface area contributed by atoms with Crippen molar-refractivity contribution in [2.45, 2.75) is 88.4 Å². The fourth-order valence-corrected chi connectivity index (χ4v) is 5.86. The summed E-state index contributed by atoms with van der Waals surface area (Å²) in [6, 6.07) is 3.50. The summed E-state index contributed by atoms with van der Waals surface area (Å²) in [4.78, 5) is 67.1. The number of carbonyl (C=O) groups excluding carboxylic acids is 4. The SMILES string of the molecule is NC(=O)C[C@H](NC(=O)[C@H](Cc1c[nH]c2ccccc12)NC(=O)[C@@H]1CCCCN1)C(=O)N[C@H](C(=O)O)C1CCCCC1. The van der Waals surface area contributed by atoms with Crippen molar-refractivity contribution in [1.29, 1.82) is 0 Å². The molecule has 0 bridgehead atoms. The second-order valence-electron chi connectivity index (χ2n) is 11.1. The van der Waals surface area contributed by atoms with Gasteiger partial charge in [-0.25, -0.2) is 4.79 Å². The fraction of sp³-hybridized carbons (Fsp3) is 0.552. The second kappa shape index (κ2) is 14.1. The summed E-state index contributed by atoms with van der Waals surface area (Å²) in [7, 11) is 0. The Hall–Kier alpha value is -3.93. The summed E-state index contributed by atoms with van der Waals surface area (Å²) in [5.41, 5.74) is 7.06. The number of aromatic amines is 1. The topological polar surface area (TPSA) is 196 Å². The third-order valence-corrected chi connectivity index (χ3v) is 8.08. The fourth-order valence-electron chi connectivity index (χ4n) is 5.86. The van der Waals surface area contributed by atoms with Gasteiger partial charge in [0.1, 0.15) is 18.1 Å². The van der Waals surface area contributed by atoms with Crippen molar-refractivity contribution < 1.29 is 29.1 Å². The van der Waals surface area contributed by atoms with Crippen molar-refractivity contribution in [2.24, 2.45) is 11.7 Å². The van der Waals surface area contributed by atoms with E-state index in [4.69, 9.17) is 5.73 Å². The number of nitrogens with one attached hydrogen (secondary N) is 5. The second-order valence-corrected chi connectivity index (χ2v) is 11.1. The molecule has 222 valence electrons. The van der Waals surface area contributed by atoms with E-state index in [1.165, 1.54) is 0 Å². The van der Waals surface area contributed by atoms with Crippen LogP contribution in [-0.2, 0) is 30.4 Å². The molecule has 4 rings (SSSR count). The summed E-state index contributed by atoms with van der Waals surface area (Å²) in [5, 5.41) is 21.8. The normalized spacial score (nSPS) is 20.0. The number of carbonyl (C=O) groups is 5. The molecule has 0 radical (unpaired) electrons. The van der Waals surface area contributed by atoms with Crippen LogP contribution in [0.25, 0.3) is 10.9 Å². The van der Waals surface area contributed by atoms with Crippen molar-refractivity contribution in [3.8, 4) is 0 Å². The number of benzene rings is 1. The molecule has 2 fully saturated rings. The lowest BCUT2D eigenvalue weighted by atomic mass is 9.83. The highest BCUT2D eigenvalue weighted by atomic mass is 16.4. The Labute approximate surface area is 238 Å². The van der Waals surface area contributed by atoms with Crippen molar-refractivity contribution >= 4 is 40.5 Å². The number of primary amides is 1. The molecule has 2 heterocycles. The zero-order valence-corrected chi connectivity index (χ0v) is 23.1. The first-order chi connectivity index (χ1) is 19.7. The minimum absolute atomic E-state index is 0.124. The monoisotopic (exact) mass is 568 g/mol. The van der Waals surface area contributed by atoms with Gasteiger partial charge in [-0.15, -0.1) is 0 Å². The number of rotatable bonds is 12. The number of fused-ring (bicyclic) bond motifs is 1. The molecule has 1 saturated carbocycles. The molecule has 1 aromatic carbocycles. The summed E-state index contributed by atoms with van der Waals surface area (Å²) < 4.78 is 0. The number of hydrogen-bond donors (Lipinski definition) is 7. The van der Waals surface area contributed by atoms with E-state index >= 15 is 0 Å². The number of para-hydroxylation sites is 1. The molecule has 4 atom stereocenters. The maximum Gasteiger partial charge on any atom is 0.326 e. The minimum atomic E-state index is -1.40. The maximum atomic E-state index is 13.6. The van der Waals surface area contributed by atoms with Gasteiger partial charge in [0.2, 0.25) is 23.6 Å². The zero-order chi connectivity index (χ0) is 29.4. The van der Waals surface area contributed by atoms with Crippen LogP contribution >= 0.6 is 0 Å². The van der Waals surface area contributed by atoms with E-state index in [9.17, 15) is 29.1 Å². The number of carboxylic acid groups (broad SMARTS) is 1. The van der Waals surface area contributed by atoms with E-state index in [1.807, 2.05) is 24.3 Å². The van der Waals surface area contributed by atoms with E-state index in [1.54, 1.807) is 6.20 Å². The quantitative estimate of drug-likeness (QED) is 0.197. The molecule has 1 saturated heterocycles. The standard InChI is InChI=1S/C29H40N6O6/c30-24(36)15-23(28(39)35-25(29(40)41)17-8-2-1-3-9-17)34-27(38)22(33-26(37)21-12-6-7-13-31-21)14-18-16-32-20-11-5-4-10-19(18)20/h4-5,10-11,16-17,21-23,25,31-32H,1-3,6-9,12-15H2,(H2,30,36)(H,33,37)(H,34,38)(H,35,39)(H,40,41)/t21-,22-,23-,25-/m0/s1. The lowest BCUT2D eigenvalue weighted by Gasteiger charge is -2.30. The van der Waals surface area contributed by atoms with E-state index in [-0.39, 0.29) is 18.2 Å². The van der Waals surface area contributed by atoms with Crippen LogP contribution in [0.1, 0.15) is 63.4 Å². The number of amides is 4. The highest BCUT2D eigenvalue weighted by Gasteiger charge is 2.35. The molecule has 2 aromatic rings. The molecule has 41 heavy (non-hydrogen) atoms. The summed E-state index contributed by atoms with van der Waals surface area (Å²) in [5.74, 6) is -4.06. The average molecular weight is 569 g/mol. The van der Waals surface area contributed by atoms with Crippen LogP contribution in [0.15, 0.2) is 30.5 Å². The van der Waals surface area contributed by atoms with Crippen LogP contribution in [0.5, 0.6) is 0 Å². The Balaban J connectivity index is 1.52. The maximum absolute atomic E-state index is 13.6. The van der Waals surface area contributed by atoms with E-state index in [2.05, 4.69) is 26.3 Å². The van der Waals surface area contributed by atoms with Crippen molar-refractivity contribution in [2.75, 3.05) is 6.54 Å². The zero-order valence-electron chi connectivity index (χ0n) is 23.1. The van der Waals surface area contributed by atoms with Crippen LogP contribution in [0.3, 0.4) is 0 Å². The van der Waals surface area contributed by atoms with Gasteiger partial charge in [-0.3, -0.25) is 19.2 Å². The molecular weight excluding hydrogens is 528 g/mol. The molecule has 0 spiro atoms. The Morgan fingerprint density at radius 2 is 1.61 bits per heavy atom. The number of piperidine rings is 1. The van der Waals surface area contributed by atoms with Crippen LogP contribution in [0.2, 0.25) is 0 Å². The molecule has 12 nitrogen and oxygen atoms in total. The summed E-state index contributed by atoms with van der Waals surface area (Å²) in [6.07, 6.45) is 7.94. The Morgan fingerprint density at radius 3 is 2.29 bits per heavy atom. The third-order valence-electron chi connectivity index (χ3n) is 8.08. The van der Waals surface area contributed by atoms with Gasteiger partial charge in [0.25, 0.3) is 0 Å². The molecule has 0 unspecified atom stereocenters. The van der Waals surface area contributed by atoms with Gasteiger partial charge in [0.05, 0.1) is 12.5 Å². The number of hydrogen-bond acceptors (Lipinski definition) is 6. The number of H-pyrrole nitrogens is 1. The highest BCUT2D eigenvalue weighted by Crippen LogP contribution is 2.27. The van der Waals surface area contributed by atoms with Gasteiger partial charge in [0.15, 0.2) is 0 Å². The Kier molecular flexibility index (Phi) is 10.3. The number of aliphatic carboxylic acids is 1. The van der Waals surface area contributed by atoms with Crippen molar-refractivity contribution in [1.82, 2.24) is 26.3 Å². The first-order valence-electron chi connectivity index (χ1n) is 14.4. The molecule has 4 amide bonds. The Bertz CT molecular complexity index is 1250. The van der Waals surface area contributed by atoms with Gasteiger partial charge in [-0.1, -0.05) is 43.9 Å². The van der Waals surface area contributed by atoms with Crippen molar-refractivity contribution in [3.05, 3.63) is 36.0 Å². The number of nitrogens with two attached hydrogens (primary N) is 1. The van der Waals surface area contributed by atoms with Crippen LogP contribution in [0, 0.1) is 5.92 Å². The predicted octanol–water partition coefficient (Wildman–Crippen LogP) is 0.847. The van der Waals surface area contributed by atoms with Crippen LogP contribution in [-0.4, -0.2) is 70.4 Å². The summed E-state index contributed by atoms with van der Waals surface area (Å²) >= 11 is 0. The Morgan fingerprint density at radius 1 is 0.902 bits per heavy atom. The smallest absolute Gasteiger partial charge is 0.326 e. The highest BCUT2D eigenvalue weighted by molar-refractivity contribution is 5.96. The molecule has 8 N–H and O–H groups in total. The number of aromatic nitrogens is 1. The molecule has 1 aliphatic carbocycles. The van der Waals surface area contributed by atoms with E-state index in [0.717, 1.165) is 48.6 Å². The minimum Gasteiger partial charge on any atom is -0.480 e. The predicted molar refractivity (Wildman–Crippen MR) is 151 cm³/mol. The first-order valence-corrected chi connectivity index (χ1v) is 14.4. The van der Waals surface area contributed by atoms with Crippen molar-refractivity contribution in [3.63, 3.8) is 0 Å². The van der Waals surface area contributed by atoms with Gasteiger partial charge in [0, 0.05) is 23.5 Å². The van der Waals surface area contributed by atoms with Gasteiger partial charge in [-0.05, 0) is 49.8 Å². The van der Waals surface area contributed by atoms with E-state index < -0.39 is 54.3 Å². The van der Waals surface area contributed by atoms with E-state index in [0.29, 0.717) is 25.8 Å². The largest absolute Gasteiger partial charge is 0.480 e. The van der Waals surface area contributed by atoms with Crippen LogP contribution < -0.4 is 27.0 Å². The lowest BCUT2D eigenvalue weighted by molar-refractivity contribution is -0.144. The molecule has 1 aromatic heterocycles. The van der Waals surface area contributed by atoms with Gasteiger partial charge >= 0.3 is 5.97 Å². The average Bonchev–Trinajstić information content (AvgIpc) is 3.38. The summed E-state index contributed by atoms with van der Waals surface area (Å²) in [6.45, 7) is 0.698. The van der Waals surface area contributed by atoms with Gasteiger partial charge in [-0.2, -0.15) is 0 Å². The molecular formula is C29H40N6O6.